The smallest absolute Gasteiger partial charge is 0.254 e. The van der Waals surface area contributed by atoms with Crippen molar-refractivity contribution in [3.05, 3.63) is 96.6 Å². The Morgan fingerprint density at radius 2 is 1.30 bits per heavy atom. The van der Waals surface area contributed by atoms with Crippen LogP contribution in [0.4, 0.5) is 0 Å². The van der Waals surface area contributed by atoms with E-state index in [-0.39, 0.29) is 0 Å². The van der Waals surface area contributed by atoms with Gasteiger partial charge in [0.2, 0.25) is 11.4 Å². The molecule has 0 amide bonds. The molecule has 135 valence electrons. The number of hydrogen-bond acceptors (Lipinski definition) is 4. The zero-order valence-electron chi connectivity index (χ0n) is 14.9. The summed E-state index contributed by atoms with van der Waals surface area (Å²) in [7, 11) is 0. The number of Topliss-reactive ketones (excluding diaryl/α,β-unsaturated/α-hetero) is 1. The van der Waals surface area contributed by atoms with Crippen molar-refractivity contribution in [1.82, 2.24) is 0 Å². The highest BCUT2D eigenvalue weighted by Gasteiger charge is 2.43. The lowest BCUT2D eigenvalue weighted by atomic mass is 9.93. The Kier molecular flexibility index (Phi) is 5.67. The van der Waals surface area contributed by atoms with Crippen molar-refractivity contribution in [2.24, 2.45) is 0 Å². The molecule has 3 rings (SSSR count). The minimum Gasteiger partial charge on any atom is -0.478 e. The van der Waals surface area contributed by atoms with Gasteiger partial charge in [-0.3, -0.25) is 9.59 Å². The van der Waals surface area contributed by atoms with E-state index in [2.05, 4.69) is 0 Å². The lowest BCUT2D eigenvalue weighted by Crippen LogP contribution is -2.47. The molecule has 2 unspecified atom stereocenters. The van der Waals surface area contributed by atoms with Gasteiger partial charge in [-0.1, -0.05) is 66.7 Å². The summed E-state index contributed by atoms with van der Waals surface area (Å²) in [5, 5.41) is 0. The van der Waals surface area contributed by atoms with Crippen molar-refractivity contribution in [1.29, 1.82) is 0 Å². The highest BCUT2D eigenvalue weighted by molar-refractivity contribution is 6.04. The number of ether oxygens (including phenoxy) is 2. The monoisotopic (exact) mass is 359 g/mol. The zero-order chi connectivity index (χ0) is 19.1. The molecule has 0 N–H and O–H groups in total. The molecule has 0 aliphatic rings. The molecule has 0 heterocycles. The van der Waals surface area contributed by atoms with Crippen molar-refractivity contribution in [3.8, 4) is 11.5 Å². The van der Waals surface area contributed by atoms with E-state index in [1.807, 2.05) is 42.5 Å². The molecule has 4 heteroatoms. The minimum atomic E-state index is -1.81. The summed E-state index contributed by atoms with van der Waals surface area (Å²) in [6.07, 6.45) is 0.751. The fraction of sp³-hybridized carbons (Fsp3) is 0.130. The summed E-state index contributed by atoms with van der Waals surface area (Å²) < 4.78 is 11.6. The molecule has 0 aliphatic carbocycles. The second kappa shape index (κ2) is 8.32. The van der Waals surface area contributed by atoms with Gasteiger partial charge in [-0.2, -0.15) is 0 Å². The van der Waals surface area contributed by atoms with Crippen LogP contribution in [0, 0.1) is 0 Å². The maximum atomic E-state index is 13.3. The number of para-hydroxylation sites is 2. The second-order valence-electron chi connectivity index (χ2n) is 6.14. The van der Waals surface area contributed by atoms with Gasteiger partial charge in [-0.15, -0.1) is 0 Å². The van der Waals surface area contributed by atoms with Gasteiger partial charge in [0.15, 0.2) is 6.10 Å². The van der Waals surface area contributed by atoms with Gasteiger partial charge in [0.1, 0.15) is 11.5 Å². The third-order valence-corrected chi connectivity index (χ3v) is 4.07. The zero-order valence-corrected chi connectivity index (χ0v) is 14.9. The third-order valence-electron chi connectivity index (χ3n) is 4.07. The molecule has 0 aliphatic heterocycles. The molecule has 2 atom stereocenters. The molecule has 0 saturated carbocycles. The summed E-state index contributed by atoms with van der Waals surface area (Å²) in [4.78, 5) is 25.0. The number of ketones is 1. The van der Waals surface area contributed by atoms with Crippen LogP contribution in [0.25, 0.3) is 0 Å². The highest BCUT2D eigenvalue weighted by atomic mass is 16.5. The van der Waals surface area contributed by atoms with Crippen LogP contribution in [0.3, 0.4) is 0 Å². The summed E-state index contributed by atoms with van der Waals surface area (Å²) >= 11 is 0. The molecule has 0 spiro atoms. The lowest BCUT2D eigenvalue weighted by Gasteiger charge is -2.28. The van der Waals surface area contributed by atoms with Gasteiger partial charge in [0, 0.05) is 5.56 Å². The molecular formula is C23H19O4. The largest absolute Gasteiger partial charge is 0.478 e. The number of rotatable bonds is 8. The quantitative estimate of drug-likeness (QED) is 0.562. The fourth-order valence-electron chi connectivity index (χ4n) is 2.63. The van der Waals surface area contributed by atoms with Crippen LogP contribution in [0.15, 0.2) is 91.0 Å². The molecule has 27 heavy (non-hydrogen) atoms. The Balaban J connectivity index is 1.94. The van der Waals surface area contributed by atoms with Crippen LogP contribution in [0.5, 0.6) is 11.5 Å². The Morgan fingerprint density at radius 3 is 1.81 bits per heavy atom. The standard InChI is InChI=1S/C23H19O4/c1-23(17-24,27-20-15-9-4-10-16-20)22(25)21(18-11-5-2-6-12-18)26-19-13-7-3-8-14-19/h2-16,21H,1H3. The lowest BCUT2D eigenvalue weighted by molar-refractivity contribution is -0.136. The van der Waals surface area contributed by atoms with E-state index in [4.69, 9.17) is 9.47 Å². The summed E-state index contributed by atoms with van der Waals surface area (Å²) in [6.45, 7) is 1.40. The van der Waals surface area contributed by atoms with Gasteiger partial charge < -0.3 is 9.47 Å². The molecule has 0 fully saturated rings. The van der Waals surface area contributed by atoms with Crippen molar-refractivity contribution in [2.45, 2.75) is 18.6 Å². The van der Waals surface area contributed by atoms with Gasteiger partial charge in [-0.05, 0) is 31.2 Å². The molecule has 3 aromatic rings. The van der Waals surface area contributed by atoms with Crippen molar-refractivity contribution in [2.75, 3.05) is 0 Å². The average Bonchev–Trinajstić information content (AvgIpc) is 2.73. The molecule has 0 bridgehead atoms. The van der Waals surface area contributed by atoms with E-state index in [1.165, 1.54) is 6.92 Å². The maximum absolute atomic E-state index is 13.3. The summed E-state index contributed by atoms with van der Waals surface area (Å²) in [5.74, 6) is 0.396. The summed E-state index contributed by atoms with van der Waals surface area (Å²) in [6, 6.07) is 26.7. The van der Waals surface area contributed by atoms with Crippen LogP contribution in [-0.2, 0) is 9.59 Å². The van der Waals surface area contributed by atoms with Gasteiger partial charge in [0.05, 0.1) is 0 Å². The normalized spacial score (nSPS) is 13.8. The number of carbonyl (C=O) groups is 1. The van der Waals surface area contributed by atoms with Crippen LogP contribution < -0.4 is 9.47 Å². The van der Waals surface area contributed by atoms with Crippen LogP contribution in [0.2, 0.25) is 0 Å². The predicted octanol–water partition coefficient (Wildman–Crippen LogP) is 4.32. The number of carbonyl (C=O) groups excluding carboxylic acids is 2. The predicted molar refractivity (Wildman–Crippen MR) is 102 cm³/mol. The van der Waals surface area contributed by atoms with Crippen molar-refractivity contribution >= 4 is 12.1 Å². The van der Waals surface area contributed by atoms with Gasteiger partial charge >= 0.3 is 0 Å². The van der Waals surface area contributed by atoms with Crippen molar-refractivity contribution < 1.29 is 19.1 Å². The van der Waals surface area contributed by atoms with Crippen molar-refractivity contribution in [3.63, 3.8) is 0 Å². The molecule has 1 radical (unpaired) electrons. The topological polar surface area (TPSA) is 52.6 Å². The Labute approximate surface area is 158 Å². The van der Waals surface area contributed by atoms with Crippen LogP contribution in [0.1, 0.15) is 18.6 Å². The first-order valence-electron chi connectivity index (χ1n) is 8.57. The SMILES string of the molecule is CC([C]=O)(Oc1ccccc1)C(=O)C(Oc1ccccc1)c1ccccc1. The van der Waals surface area contributed by atoms with E-state index in [0.29, 0.717) is 17.1 Å². The number of hydrogen-bond donors (Lipinski definition) is 0. The molecule has 0 saturated heterocycles. The molecule has 4 nitrogen and oxygen atoms in total. The Hall–Kier alpha value is -3.40. The summed E-state index contributed by atoms with van der Waals surface area (Å²) in [5.41, 5.74) is -1.18. The fourth-order valence-corrected chi connectivity index (χ4v) is 2.63. The van der Waals surface area contributed by atoms with Gasteiger partial charge in [-0.25, -0.2) is 0 Å². The molecular weight excluding hydrogens is 340 g/mol. The molecule has 3 aromatic carbocycles. The minimum absolute atomic E-state index is 0.406. The van der Waals surface area contributed by atoms with E-state index in [1.54, 1.807) is 54.8 Å². The first-order valence-corrected chi connectivity index (χ1v) is 8.57. The second-order valence-corrected chi connectivity index (χ2v) is 6.14. The average molecular weight is 359 g/mol. The number of benzene rings is 3. The Morgan fingerprint density at radius 1 is 0.815 bits per heavy atom. The first-order chi connectivity index (χ1) is 13.1. The van der Waals surface area contributed by atoms with E-state index < -0.39 is 17.5 Å². The van der Waals surface area contributed by atoms with E-state index in [0.717, 1.165) is 0 Å². The maximum Gasteiger partial charge on any atom is 0.254 e. The Bertz CT molecular complexity index is 878. The van der Waals surface area contributed by atoms with Crippen LogP contribution in [-0.4, -0.2) is 17.7 Å². The van der Waals surface area contributed by atoms with E-state index >= 15 is 0 Å². The van der Waals surface area contributed by atoms with E-state index in [9.17, 15) is 9.59 Å². The van der Waals surface area contributed by atoms with Gasteiger partial charge in [0.25, 0.3) is 6.29 Å². The third kappa shape index (κ3) is 4.42. The van der Waals surface area contributed by atoms with Crippen LogP contribution >= 0.6 is 0 Å². The highest BCUT2D eigenvalue weighted by Crippen LogP contribution is 2.28. The first kappa shape index (κ1) is 18.4. The molecule has 0 aromatic heterocycles.